The summed E-state index contributed by atoms with van der Waals surface area (Å²) < 4.78 is 19.2. The van der Waals surface area contributed by atoms with Gasteiger partial charge in [0.05, 0.1) is 40.2 Å². The zero-order valence-corrected chi connectivity index (χ0v) is 62.6. The zero-order valence-electron chi connectivity index (χ0n) is 60.5. The van der Waals surface area contributed by atoms with E-state index in [1.54, 1.807) is 0 Å². The Morgan fingerprint density at radius 3 is 1.11 bits per heavy atom. The molecule has 87 heavy (non-hydrogen) atoms. The quantitative estimate of drug-likeness (QED) is 0.0882. The van der Waals surface area contributed by atoms with Crippen LogP contribution in [0.3, 0.4) is 0 Å². The molecule has 5 nitrogen and oxygen atoms in total. The van der Waals surface area contributed by atoms with Crippen LogP contribution in [0.5, 0.6) is 0 Å². The van der Waals surface area contributed by atoms with Crippen LogP contribution in [0.2, 0.25) is 0 Å². The third-order valence-corrected chi connectivity index (χ3v) is 30.7. The molecule has 2 spiro atoms. The lowest BCUT2D eigenvalue weighted by Crippen LogP contribution is -2.62. The molecule has 0 amide bonds. The fourth-order valence-corrected chi connectivity index (χ4v) is 24.6. The smallest absolute Gasteiger partial charge is 0.0840 e. The Bertz CT molecular complexity index is 2340. The molecule has 10 fully saturated rings. The number of rotatable bonds is 12. The number of hydrogen-bond donors (Lipinski definition) is 2. The van der Waals surface area contributed by atoms with Crippen molar-refractivity contribution < 1.29 is 24.2 Å². The summed E-state index contributed by atoms with van der Waals surface area (Å²) in [5.41, 5.74) is 3.69. The molecule has 2 N–H and O–H groups in total. The van der Waals surface area contributed by atoms with Gasteiger partial charge in [-0.3, -0.25) is 0 Å². The third kappa shape index (κ3) is 13.4. The standard InChI is InChI=1S/C20H38O2P2.3C20H34O/c1-15(10-14-22-24-23)9-13-20(21)16(2)7-8-17-18(3,4)11-6-12-19(17,20)5;2*1-7-18(5)13-14-20(21-18)15(2)9-10-16-17(3,4)11-8-12-19(16,20)6;1-7-15(2)11-14-20(21)16(3)9-10-17-18(4,5)12-8-13-19(17,20)6/h10,16-17,21,24H,6-9,11-14,23H2,1-5H3;2*7,15-16H,1,8-14H2,2-6H3;7,16-17,21H,1-2,8-14H2,3-6H3/b15-10+;;;/t16-,17?,19+,20-;15-,16?,18+,19+,20-;15-,16?,18-,19+,20-;16-,17?,19+,20-/m1111/s1. The summed E-state index contributed by atoms with van der Waals surface area (Å²) in [4.78, 5) is 0. The van der Waals surface area contributed by atoms with E-state index < -0.39 is 11.2 Å². The largest absolute Gasteiger partial charge is 0.389 e. The van der Waals surface area contributed by atoms with Crippen LogP contribution < -0.4 is 0 Å². The van der Waals surface area contributed by atoms with Gasteiger partial charge in [0.15, 0.2) is 0 Å². The van der Waals surface area contributed by atoms with Crippen LogP contribution in [0.15, 0.2) is 61.8 Å². The maximum absolute atomic E-state index is 11.9. The van der Waals surface area contributed by atoms with Crippen molar-refractivity contribution in [3.8, 4) is 0 Å². The molecule has 0 radical (unpaired) electrons. The van der Waals surface area contributed by atoms with Gasteiger partial charge >= 0.3 is 0 Å². The minimum atomic E-state index is -0.556. The highest BCUT2D eigenvalue weighted by Gasteiger charge is 2.68. The van der Waals surface area contributed by atoms with E-state index in [1.165, 1.54) is 140 Å². The van der Waals surface area contributed by atoms with Crippen LogP contribution in [-0.2, 0) is 14.0 Å². The molecule has 20 atom stereocenters. The number of aliphatic hydroxyl groups is 2. The highest BCUT2D eigenvalue weighted by atomic mass is 32.0. The SMILES string of the molecule is C/C(=C\COPP)CC[C@@]1(O)[C@H](C)CCC2C(C)(C)CCC[C@@]21C.C=CC(=C)CC[C@@]1(O)[C@H](C)CCC2C(C)(C)CCC[C@@]21C.C=C[C@@]1(C)CC[C@@]2(O1)[C@H](C)CCC1C(C)(C)CCC[C@@]12C.C=C[C@]1(C)CC[C@@]2(O1)[C@H](C)CCC1C(C)(C)CCC[C@@]12C. The molecular formula is C80H140O5P2. The monoisotopic (exact) mass is 1240 g/mol. The van der Waals surface area contributed by atoms with Gasteiger partial charge in [-0.1, -0.05) is 194 Å². The van der Waals surface area contributed by atoms with E-state index in [1.807, 2.05) is 6.08 Å². The molecule has 10 rings (SSSR count). The molecule has 6 unspecified atom stereocenters. The number of fused-ring (bicyclic) bond motifs is 6. The molecule has 0 bridgehead atoms. The Morgan fingerprint density at radius 2 is 0.793 bits per heavy atom. The summed E-state index contributed by atoms with van der Waals surface area (Å²) in [5, 5.41) is 23.6. The van der Waals surface area contributed by atoms with Crippen molar-refractivity contribution in [1.29, 1.82) is 0 Å². The van der Waals surface area contributed by atoms with Crippen LogP contribution in [0, 0.1) is 90.7 Å². The fraction of sp³-hybridized carbons (Fsp3) is 0.875. The lowest BCUT2D eigenvalue weighted by atomic mass is 9.44. The Balaban J connectivity index is 0.000000166. The van der Waals surface area contributed by atoms with Crippen LogP contribution in [0.25, 0.3) is 0 Å². The van der Waals surface area contributed by atoms with Crippen molar-refractivity contribution >= 4 is 17.4 Å². The number of hydrogen-bond acceptors (Lipinski definition) is 5. The van der Waals surface area contributed by atoms with Crippen molar-refractivity contribution in [2.45, 2.75) is 345 Å². The third-order valence-electron chi connectivity index (χ3n) is 29.9. The first-order valence-electron chi connectivity index (χ1n) is 36.4. The topological polar surface area (TPSA) is 68.2 Å². The summed E-state index contributed by atoms with van der Waals surface area (Å²) in [6, 6.07) is 0. The average molecular weight is 1240 g/mol. The molecule has 500 valence electrons. The van der Waals surface area contributed by atoms with E-state index in [2.05, 4.69) is 185 Å². The molecule has 2 heterocycles. The fourth-order valence-electron chi connectivity index (χ4n) is 24.2. The molecule has 10 aliphatic rings. The normalized spacial score (nSPS) is 46.6. The minimum Gasteiger partial charge on any atom is -0.389 e. The van der Waals surface area contributed by atoms with E-state index in [9.17, 15) is 10.2 Å². The van der Waals surface area contributed by atoms with E-state index >= 15 is 0 Å². The summed E-state index contributed by atoms with van der Waals surface area (Å²) in [6.07, 6.45) is 42.4. The van der Waals surface area contributed by atoms with Gasteiger partial charge in [-0.15, -0.1) is 13.2 Å². The maximum Gasteiger partial charge on any atom is 0.0840 e. The second kappa shape index (κ2) is 26.9. The second-order valence-corrected chi connectivity index (χ2v) is 37.6. The minimum absolute atomic E-state index is 0.0495. The van der Waals surface area contributed by atoms with Gasteiger partial charge in [-0.2, -0.15) is 0 Å². The van der Waals surface area contributed by atoms with Gasteiger partial charge in [0, 0.05) is 19.3 Å². The first kappa shape index (κ1) is 73.8. The molecule has 8 saturated carbocycles. The summed E-state index contributed by atoms with van der Waals surface area (Å²) in [6.45, 7) is 62.3. The van der Waals surface area contributed by atoms with Crippen molar-refractivity contribution in [3.05, 3.63) is 61.8 Å². The van der Waals surface area contributed by atoms with Gasteiger partial charge in [-0.25, -0.2) is 0 Å². The highest BCUT2D eigenvalue weighted by Crippen LogP contribution is 2.71. The summed E-state index contributed by atoms with van der Waals surface area (Å²) in [7, 11) is 3.08. The van der Waals surface area contributed by atoms with Crippen LogP contribution in [-0.4, -0.2) is 50.4 Å². The second-order valence-electron chi connectivity index (χ2n) is 36.4. The Kier molecular flexibility index (Phi) is 22.8. The van der Waals surface area contributed by atoms with Gasteiger partial charge in [0.1, 0.15) is 0 Å². The van der Waals surface area contributed by atoms with Crippen LogP contribution in [0.1, 0.15) is 311 Å². The Hall–Kier alpha value is -0.640. The molecule has 8 aliphatic carbocycles. The van der Waals surface area contributed by atoms with Crippen LogP contribution in [0.4, 0.5) is 0 Å². The van der Waals surface area contributed by atoms with Crippen molar-refractivity contribution in [1.82, 2.24) is 0 Å². The van der Waals surface area contributed by atoms with Crippen LogP contribution >= 0.6 is 17.4 Å². The first-order valence-corrected chi connectivity index (χ1v) is 39.1. The van der Waals surface area contributed by atoms with Gasteiger partial charge in [0.2, 0.25) is 0 Å². The molecule has 2 saturated heterocycles. The first-order chi connectivity index (χ1) is 40.2. The Labute approximate surface area is 542 Å². The van der Waals surface area contributed by atoms with Gasteiger partial charge in [-0.05, 0) is 255 Å². The average Bonchev–Trinajstić information content (AvgIpc) is 1.71. The van der Waals surface area contributed by atoms with Gasteiger partial charge in [0.25, 0.3) is 0 Å². The molecular weight excluding hydrogens is 1100 g/mol. The molecule has 7 heteroatoms. The Morgan fingerprint density at radius 1 is 0.471 bits per heavy atom. The van der Waals surface area contributed by atoms with E-state index in [-0.39, 0.29) is 33.2 Å². The summed E-state index contributed by atoms with van der Waals surface area (Å²) >= 11 is 0. The van der Waals surface area contributed by atoms with Crippen molar-refractivity contribution in [2.75, 3.05) is 6.61 Å². The van der Waals surface area contributed by atoms with Crippen molar-refractivity contribution in [2.24, 2.45) is 90.7 Å². The van der Waals surface area contributed by atoms with Crippen molar-refractivity contribution in [3.63, 3.8) is 0 Å². The van der Waals surface area contributed by atoms with E-state index in [0.29, 0.717) is 83.1 Å². The number of ether oxygens (including phenoxy) is 2. The van der Waals surface area contributed by atoms with E-state index in [0.717, 1.165) is 62.4 Å². The van der Waals surface area contributed by atoms with E-state index in [4.69, 9.17) is 14.0 Å². The lowest BCUT2D eigenvalue weighted by molar-refractivity contribution is -0.236. The molecule has 2 aliphatic heterocycles. The predicted octanol–water partition coefficient (Wildman–Crippen LogP) is 23.1. The summed E-state index contributed by atoms with van der Waals surface area (Å²) in [5.74, 6) is 5.02. The molecule has 0 aromatic heterocycles. The predicted molar refractivity (Wildman–Crippen MR) is 379 cm³/mol. The molecule has 0 aromatic carbocycles. The lowest BCUT2D eigenvalue weighted by Gasteiger charge is -2.63. The maximum atomic E-state index is 11.9. The van der Waals surface area contributed by atoms with Gasteiger partial charge < -0.3 is 24.2 Å². The molecule has 0 aromatic rings. The number of allylic oxidation sites excluding steroid dienone is 3. The highest BCUT2D eigenvalue weighted by molar-refractivity contribution is 8.00. The zero-order chi connectivity index (χ0) is 64.9.